The summed E-state index contributed by atoms with van der Waals surface area (Å²) in [5.41, 5.74) is 0. The van der Waals surface area contributed by atoms with Crippen LogP contribution in [-0.2, 0) is 6.42 Å². The number of aliphatic hydroxyl groups is 1. The van der Waals surface area contributed by atoms with E-state index in [4.69, 9.17) is 9.52 Å². The van der Waals surface area contributed by atoms with E-state index < -0.39 is 0 Å². The molecule has 1 aromatic heterocycles. The molecule has 0 bridgehead atoms. The normalized spacial score (nSPS) is 13.4. The highest BCUT2D eigenvalue weighted by molar-refractivity contribution is 4.88. The predicted molar refractivity (Wildman–Crippen MR) is 39.2 cm³/mol. The Morgan fingerprint density at radius 2 is 2.27 bits per heavy atom. The van der Waals surface area contributed by atoms with Crippen molar-refractivity contribution in [3.05, 3.63) is 11.8 Å². The lowest BCUT2D eigenvalue weighted by Crippen LogP contribution is -1.98. The van der Waals surface area contributed by atoms with E-state index in [0.717, 1.165) is 6.42 Å². The lowest BCUT2D eigenvalue weighted by Gasteiger charge is -1.98. The van der Waals surface area contributed by atoms with Crippen LogP contribution in [0.5, 0.6) is 0 Å². The minimum absolute atomic E-state index is 0.0470. The molecule has 0 saturated heterocycles. The van der Waals surface area contributed by atoms with Crippen molar-refractivity contribution in [1.29, 1.82) is 0 Å². The summed E-state index contributed by atoms with van der Waals surface area (Å²) in [5, 5.41) is 16.3. The first-order valence-corrected chi connectivity index (χ1v) is 3.71. The van der Waals surface area contributed by atoms with Gasteiger partial charge in [-0.05, 0) is 0 Å². The summed E-state index contributed by atoms with van der Waals surface area (Å²) >= 11 is 0. The average molecular weight is 156 g/mol. The van der Waals surface area contributed by atoms with Gasteiger partial charge in [0.25, 0.3) is 0 Å². The highest BCUT2D eigenvalue weighted by atomic mass is 16.4. The molecule has 0 fully saturated rings. The van der Waals surface area contributed by atoms with Crippen LogP contribution in [0.4, 0.5) is 0 Å². The molecule has 1 unspecified atom stereocenters. The highest BCUT2D eigenvalue weighted by Gasteiger charge is 2.11. The van der Waals surface area contributed by atoms with Gasteiger partial charge in [-0.1, -0.05) is 13.8 Å². The zero-order chi connectivity index (χ0) is 8.27. The number of aliphatic hydroxyl groups excluding tert-OH is 1. The summed E-state index contributed by atoms with van der Waals surface area (Å²) in [6.45, 7) is 3.83. The minimum Gasteiger partial charge on any atom is -0.425 e. The van der Waals surface area contributed by atoms with E-state index in [9.17, 15) is 0 Å². The first-order valence-electron chi connectivity index (χ1n) is 3.71. The van der Waals surface area contributed by atoms with Crippen LogP contribution in [0.25, 0.3) is 0 Å². The maximum absolute atomic E-state index is 8.74. The van der Waals surface area contributed by atoms with Crippen LogP contribution in [0, 0.1) is 0 Å². The molecule has 0 amide bonds. The van der Waals surface area contributed by atoms with Gasteiger partial charge >= 0.3 is 0 Å². The van der Waals surface area contributed by atoms with E-state index in [0.29, 0.717) is 11.8 Å². The van der Waals surface area contributed by atoms with Crippen LogP contribution in [0.1, 0.15) is 31.5 Å². The molecular formula is C7H12N2O2. The fourth-order valence-electron chi connectivity index (χ4n) is 0.687. The van der Waals surface area contributed by atoms with Gasteiger partial charge in [-0.15, -0.1) is 10.2 Å². The zero-order valence-corrected chi connectivity index (χ0v) is 6.74. The Morgan fingerprint density at radius 3 is 2.73 bits per heavy atom. The summed E-state index contributed by atoms with van der Waals surface area (Å²) in [4.78, 5) is 0. The Labute approximate surface area is 65.3 Å². The zero-order valence-electron chi connectivity index (χ0n) is 6.74. The van der Waals surface area contributed by atoms with Gasteiger partial charge in [0.15, 0.2) is 0 Å². The number of aromatic nitrogens is 2. The number of hydrogen-bond acceptors (Lipinski definition) is 4. The third kappa shape index (κ3) is 1.77. The molecule has 1 rings (SSSR count). The quantitative estimate of drug-likeness (QED) is 0.700. The van der Waals surface area contributed by atoms with E-state index >= 15 is 0 Å². The lowest BCUT2D eigenvalue weighted by atomic mass is 10.2. The molecule has 0 saturated carbocycles. The van der Waals surface area contributed by atoms with Gasteiger partial charge in [-0.3, -0.25) is 0 Å². The van der Waals surface area contributed by atoms with Crippen molar-refractivity contribution in [3.63, 3.8) is 0 Å². The molecule has 0 aliphatic rings. The van der Waals surface area contributed by atoms with Crippen molar-refractivity contribution in [2.75, 3.05) is 6.61 Å². The SMILES string of the molecule is CCc1nnc(C(C)CO)o1. The van der Waals surface area contributed by atoms with Crippen molar-refractivity contribution in [2.45, 2.75) is 26.2 Å². The highest BCUT2D eigenvalue weighted by Crippen LogP contribution is 2.12. The second-order valence-corrected chi connectivity index (χ2v) is 2.47. The summed E-state index contributed by atoms with van der Waals surface area (Å²) in [6, 6.07) is 0. The van der Waals surface area contributed by atoms with Gasteiger partial charge in [0.05, 0.1) is 12.5 Å². The first-order chi connectivity index (χ1) is 5.27. The molecule has 62 valence electrons. The minimum atomic E-state index is -0.0530. The van der Waals surface area contributed by atoms with Crippen LogP contribution in [-0.4, -0.2) is 21.9 Å². The van der Waals surface area contributed by atoms with Crippen molar-refractivity contribution in [3.8, 4) is 0 Å². The van der Waals surface area contributed by atoms with Crippen LogP contribution >= 0.6 is 0 Å². The molecule has 0 spiro atoms. The second-order valence-electron chi connectivity index (χ2n) is 2.47. The Kier molecular flexibility index (Phi) is 2.59. The number of rotatable bonds is 3. The van der Waals surface area contributed by atoms with Gasteiger partial charge in [-0.25, -0.2) is 0 Å². The topological polar surface area (TPSA) is 59.2 Å². The molecule has 1 heterocycles. The maximum atomic E-state index is 8.74. The molecule has 11 heavy (non-hydrogen) atoms. The Morgan fingerprint density at radius 1 is 1.55 bits per heavy atom. The smallest absolute Gasteiger partial charge is 0.221 e. The molecule has 0 aliphatic carbocycles. The summed E-state index contributed by atoms with van der Waals surface area (Å²) in [7, 11) is 0. The van der Waals surface area contributed by atoms with Gasteiger partial charge in [0.1, 0.15) is 0 Å². The molecule has 4 nitrogen and oxygen atoms in total. The fourth-order valence-corrected chi connectivity index (χ4v) is 0.687. The van der Waals surface area contributed by atoms with Crippen molar-refractivity contribution < 1.29 is 9.52 Å². The molecule has 1 aromatic rings. The van der Waals surface area contributed by atoms with E-state index in [2.05, 4.69) is 10.2 Å². The van der Waals surface area contributed by atoms with Gasteiger partial charge < -0.3 is 9.52 Å². The lowest BCUT2D eigenvalue weighted by molar-refractivity contribution is 0.252. The van der Waals surface area contributed by atoms with Crippen molar-refractivity contribution in [2.24, 2.45) is 0 Å². The van der Waals surface area contributed by atoms with Gasteiger partial charge in [-0.2, -0.15) is 0 Å². The number of hydrogen-bond donors (Lipinski definition) is 1. The Hall–Kier alpha value is -0.900. The van der Waals surface area contributed by atoms with Crippen molar-refractivity contribution >= 4 is 0 Å². The second kappa shape index (κ2) is 3.48. The average Bonchev–Trinajstić information content (AvgIpc) is 2.50. The number of nitrogens with zero attached hydrogens (tertiary/aromatic N) is 2. The monoisotopic (exact) mass is 156 g/mol. The molecule has 0 aromatic carbocycles. The van der Waals surface area contributed by atoms with Crippen LogP contribution in [0.2, 0.25) is 0 Å². The maximum Gasteiger partial charge on any atom is 0.221 e. The van der Waals surface area contributed by atoms with Gasteiger partial charge in [0.2, 0.25) is 11.8 Å². The molecular weight excluding hydrogens is 144 g/mol. The molecule has 1 atom stereocenters. The standard InChI is InChI=1S/C7H12N2O2/c1-3-6-8-9-7(11-6)5(2)4-10/h5,10H,3-4H2,1-2H3. The fraction of sp³-hybridized carbons (Fsp3) is 0.714. The first kappa shape index (κ1) is 8.20. The van der Waals surface area contributed by atoms with Crippen LogP contribution < -0.4 is 0 Å². The Balaban J connectivity index is 2.71. The number of aryl methyl sites for hydroxylation is 1. The van der Waals surface area contributed by atoms with Gasteiger partial charge in [0, 0.05) is 6.42 Å². The third-order valence-electron chi connectivity index (χ3n) is 1.48. The molecule has 4 heteroatoms. The molecule has 0 aliphatic heterocycles. The van der Waals surface area contributed by atoms with Crippen molar-refractivity contribution in [1.82, 2.24) is 10.2 Å². The van der Waals surface area contributed by atoms with Crippen LogP contribution in [0.3, 0.4) is 0 Å². The van der Waals surface area contributed by atoms with E-state index in [-0.39, 0.29) is 12.5 Å². The predicted octanol–water partition coefficient (Wildman–Crippen LogP) is 0.728. The van der Waals surface area contributed by atoms with E-state index in [1.807, 2.05) is 13.8 Å². The molecule has 1 N–H and O–H groups in total. The summed E-state index contributed by atoms with van der Waals surface area (Å²) in [6.07, 6.45) is 0.741. The van der Waals surface area contributed by atoms with Crippen LogP contribution in [0.15, 0.2) is 4.42 Å². The Bertz CT molecular complexity index is 222. The largest absolute Gasteiger partial charge is 0.425 e. The summed E-state index contributed by atoms with van der Waals surface area (Å²) < 4.78 is 5.20. The van der Waals surface area contributed by atoms with E-state index in [1.54, 1.807) is 0 Å². The molecule has 0 radical (unpaired) electrons. The summed E-state index contributed by atoms with van der Waals surface area (Å²) in [5.74, 6) is 1.09. The third-order valence-corrected chi connectivity index (χ3v) is 1.48. The van der Waals surface area contributed by atoms with E-state index in [1.165, 1.54) is 0 Å².